The van der Waals surface area contributed by atoms with Crippen molar-refractivity contribution in [2.45, 2.75) is 39.5 Å². The number of esters is 1. The lowest BCUT2D eigenvalue weighted by Crippen LogP contribution is -2.14. The van der Waals surface area contributed by atoms with Gasteiger partial charge < -0.3 is 10.1 Å². The van der Waals surface area contributed by atoms with Crippen LogP contribution in [0, 0.1) is 5.92 Å². The molecule has 1 heterocycles. The van der Waals surface area contributed by atoms with Gasteiger partial charge in [-0.3, -0.25) is 0 Å². The van der Waals surface area contributed by atoms with Crippen molar-refractivity contribution in [3.8, 4) is 0 Å². The Balaban J connectivity index is 1.86. The van der Waals surface area contributed by atoms with E-state index in [4.69, 9.17) is 4.74 Å². The summed E-state index contributed by atoms with van der Waals surface area (Å²) in [5, 5.41) is 3.04. The van der Waals surface area contributed by atoms with Gasteiger partial charge >= 0.3 is 5.97 Å². The molecule has 1 unspecified atom stereocenters. The molecule has 0 aliphatic carbocycles. The molecule has 24 heavy (non-hydrogen) atoms. The van der Waals surface area contributed by atoms with Gasteiger partial charge in [0.25, 0.3) is 0 Å². The van der Waals surface area contributed by atoms with Gasteiger partial charge in [0.2, 0.25) is 5.95 Å². The topological polar surface area (TPSA) is 77.0 Å². The van der Waals surface area contributed by atoms with Gasteiger partial charge in [-0.2, -0.15) is 0 Å². The van der Waals surface area contributed by atoms with Crippen molar-refractivity contribution in [1.82, 2.24) is 15.0 Å². The third-order valence-corrected chi connectivity index (χ3v) is 3.86. The van der Waals surface area contributed by atoms with Crippen LogP contribution in [0.4, 0.5) is 11.6 Å². The lowest BCUT2D eigenvalue weighted by Gasteiger charge is -2.14. The van der Waals surface area contributed by atoms with Crippen molar-refractivity contribution in [2.24, 2.45) is 5.92 Å². The van der Waals surface area contributed by atoms with E-state index in [1.165, 1.54) is 25.5 Å². The van der Waals surface area contributed by atoms with Crippen LogP contribution in [0.15, 0.2) is 36.9 Å². The van der Waals surface area contributed by atoms with Crippen LogP contribution >= 0.6 is 0 Å². The lowest BCUT2D eigenvalue weighted by atomic mass is 10.0. The molecule has 6 heteroatoms. The third kappa shape index (κ3) is 5.61. The normalized spacial score (nSPS) is 11.8. The maximum absolute atomic E-state index is 12.1. The van der Waals surface area contributed by atoms with Crippen molar-refractivity contribution in [1.29, 1.82) is 0 Å². The molecule has 6 nitrogen and oxygen atoms in total. The number of unbranched alkanes of at least 4 members (excludes halogenated alkanes) is 1. The monoisotopic (exact) mass is 328 g/mol. The summed E-state index contributed by atoms with van der Waals surface area (Å²) >= 11 is 0. The predicted octanol–water partition coefficient (Wildman–Crippen LogP) is 3.99. The second-order valence-corrected chi connectivity index (χ2v) is 5.68. The van der Waals surface area contributed by atoms with Gasteiger partial charge in [-0.05, 0) is 36.6 Å². The highest BCUT2D eigenvalue weighted by Crippen LogP contribution is 2.16. The molecule has 2 rings (SSSR count). The molecule has 2 aromatic rings. The van der Waals surface area contributed by atoms with Crippen molar-refractivity contribution in [3.63, 3.8) is 0 Å². The summed E-state index contributed by atoms with van der Waals surface area (Å²) in [6, 6.07) is 7.07. The Morgan fingerprint density at radius 2 is 1.88 bits per heavy atom. The molecule has 0 fully saturated rings. The molecule has 1 aromatic heterocycles. The van der Waals surface area contributed by atoms with Crippen molar-refractivity contribution < 1.29 is 9.53 Å². The quantitative estimate of drug-likeness (QED) is 0.701. The Morgan fingerprint density at radius 1 is 1.17 bits per heavy atom. The first-order chi connectivity index (χ1) is 11.7. The van der Waals surface area contributed by atoms with E-state index in [9.17, 15) is 4.79 Å². The van der Waals surface area contributed by atoms with E-state index in [2.05, 4.69) is 34.1 Å². The molecular weight excluding hydrogens is 304 g/mol. The molecule has 0 saturated carbocycles. The van der Waals surface area contributed by atoms with Crippen LogP contribution in [0.25, 0.3) is 0 Å². The molecule has 0 aliphatic rings. The molecule has 0 spiro atoms. The summed E-state index contributed by atoms with van der Waals surface area (Å²) in [6.07, 6.45) is 7.32. The van der Waals surface area contributed by atoms with Gasteiger partial charge in [-0.1, -0.05) is 33.1 Å². The van der Waals surface area contributed by atoms with Crippen molar-refractivity contribution >= 4 is 17.6 Å². The first-order valence-corrected chi connectivity index (χ1v) is 8.39. The van der Waals surface area contributed by atoms with Gasteiger partial charge in [0.1, 0.15) is 12.7 Å². The second kappa shape index (κ2) is 9.60. The smallest absolute Gasteiger partial charge is 0.338 e. The number of hydrogen-bond acceptors (Lipinski definition) is 6. The number of benzene rings is 1. The lowest BCUT2D eigenvalue weighted by molar-refractivity contribution is 0.0428. The average molecular weight is 328 g/mol. The number of rotatable bonds is 9. The summed E-state index contributed by atoms with van der Waals surface area (Å²) in [7, 11) is 0. The highest BCUT2D eigenvalue weighted by molar-refractivity contribution is 5.89. The summed E-state index contributed by atoms with van der Waals surface area (Å²) in [6.45, 7) is 4.79. The predicted molar refractivity (Wildman–Crippen MR) is 93.1 cm³/mol. The third-order valence-electron chi connectivity index (χ3n) is 3.86. The highest BCUT2D eigenvalue weighted by atomic mass is 16.5. The first kappa shape index (κ1) is 17.8. The van der Waals surface area contributed by atoms with Crippen LogP contribution in [0.2, 0.25) is 0 Å². The number of hydrogen-bond donors (Lipinski definition) is 1. The van der Waals surface area contributed by atoms with Crippen molar-refractivity contribution in [2.75, 3.05) is 11.9 Å². The number of carbonyl (C=O) groups excluding carboxylic acids is 1. The average Bonchev–Trinajstić information content (AvgIpc) is 2.63. The number of anilines is 2. The summed E-state index contributed by atoms with van der Waals surface area (Å²) < 4.78 is 5.44. The Labute approximate surface area is 142 Å². The maximum atomic E-state index is 12.1. The molecule has 0 aliphatic heterocycles. The number of aromatic nitrogens is 3. The summed E-state index contributed by atoms with van der Waals surface area (Å²) in [5.41, 5.74) is 1.34. The summed E-state index contributed by atoms with van der Waals surface area (Å²) in [4.78, 5) is 23.9. The van der Waals surface area contributed by atoms with E-state index in [0.29, 0.717) is 24.0 Å². The number of nitrogens with one attached hydrogen (secondary N) is 1. The molecule has 1 atom stereocenters. The minimum Gasteiger partial charge on any atom is -0.462 e. The molecule has 0 radical (unpaired) electrons. The number of ether oxygens (including phenoxy) is 1. The zero-order valence-electron chi connectivity index (χ0n) is 14.2. The summed E-state index contributed by atoms with van der Waals surface area (Å²) in [5.74, 6) is 0.623. The molecule has 0 bridgehead atoms. The van der Waals surface area contributed by atoms with Gasteiger partial charge in [0.15, 0.2) is 0 Å². The van der Waals surface area contributed by atoms with Crippen LogP contribution in [-0.4, -0.2) is 27.5 Å². The van der Waals surface area contributed by atoms with Crippen LogP contribution < -0.4 is 5.32 Å². The van der Waals surface area contributed by atoms with Crippen LogP contribution in [0.5, 0.6) is 0 Å². The zero-order chi connectivity index (χ0) is 17.2. The van der Waals surface area contributed by atoms with E-state index < -0.39 is 0 Å². The van der Waals surface area contributed by atoms with E-state index in [0.717, 1.165) is 18.5 Å². The van der Waals surface area contributed by atoms with Crippen LogP contribution in [0.3, 0.4) is 0 Å². The largest absolute Gasteiger partial charge is 0.462 e. The highest BCUT2D eigenvalue weighted by Gasteiger charge is 2.12. The van der Waals surface area contributed by atoms with Gasteiger partial charge in [-0.15, -0.1) is 0 Å². The van der Waals surface area contributed by atoms with Crippen LogP contribution in [0.1, 0.15) is 49.9 Å². The first-order valence-electron chi connectivity index (χ1n) is 8.39. The minimum absolute atomic E-state index is 0.281. The minimum atomic E-state index is -0.281. The Kier molecular flexibility index (Phi) is 7.14. The van der Waals surface area contributed by atoms with Gasteiger partial charge in [-0.25, -0.2) is 19.7 Å². The SMILES string of the molecule is CCCCC(CC)COC(=O)c1ccc(Nc2ncncn2)cc1. The second-order valence-electron chi connectivity index (χ2n) is 5.68. The van der Waals surface area contributed by atoms with Gasteiger partial charge in [0.05, 0.1) is 12.2 Å². The number of nitrogens with zero attached hydrogens (tertiary/aromatic N) is 3. The molecule has 1 N–H and O–H groups in total. The molecule has 0 amide bonds. The maximum Gasteiger partial charge on any atom is 0.338 e. The fraction of sp³-hybridized carbons (Fsp3) is 0.444. The van der Waals surface area contributed by atoms with Gasteiger partial charge in [0, 0.05) is 5.69 Å². The molecule has 0 saturated heterocycles. The van der Waals surface area contributed by atoms with Crippen LogP contribution in [-0.2, 0) is 4.74 Å². The molecule has 128 valence electrons. The van der Waals surface area contributed by atoms with E-state index >= 15 is 0 Å². The van der Waals surface area contributed by atoms with E-state index in [1.54, 1.807) is 24.3 Å². The molecular formula is C18H24N4O2. The van der Waals surface area contributed by atoms with Crippen molar-refractivity contribution in [3.05, 3.63) is 42.5 Å². The Hall–Kier alpha value is -2.50. The van der Waals surface area contributed by atoms with E-state index in [-0.39, 0.29) is 5.97 Å². The Bertz CT molecular complexity index is 617. The molecule has 1 aromatic carbocycles. The standard InChI is InChI=1S/C18H24N4O2/c1-3-5-6-14(4-2)11-24-17(23)15-7-9-16(10-8-15)22-18-20-12-19-13-21-18/h7-10,12-14H,3-6,11H2,1-2H3,(H,19,20,21,22). The fourth-order valence-corrected chi connectivity index (χ4v) is 2.30. The Morgan fingerprint density at radius 3 is 2.50 bits per heavy atom. The van der Waals surface area contributed by atoms with E-state index in [1.807, 2.05) is 0 Å². The fourth-order valence-electron chi connectivity index (χ4n) is 2.30. The zero-order valence-corrected chi connectivity index (χ0v) is 14.2. The number of carbonyl (C=O) groups is 1.